The van der Waals surface area contributed by atoms with E-state index in [1.807, 2.05) is 30.3 Å². The molecule has 0 aliphatic carbocycles. The summed E-state index contributed by atoms with van der Waals surface area (Å²) in [7, 11) is 3.06. The zero-order chi connectivity index (χ0) is 19.5. The molecule has 2 aromatic rings. The fourth-order valence-electron chi connectivity index (χ4n) is 2.28. The molecule has 0 saturated carbocycles. The van der Waals surface area contributed by atoms with Crippen LogP contribution in [0.15, 0.2) is 48.5 Å². The minimum absolute atomic E-state index is 0.00241. The van der Waals surface area contributed by atoms with E-state index >= 15 is 0 Å². The van der Waals surface area contributed by atoms with Crippen molar-refractivity contribution in [3.05, 3.63) is 54.1 Å². The maximum absolute atomic E-state index is 11.9. The van der Waals surface area contributed by atoms with Gasteiger partial charge in [0.05, 0.1) is 27.2 Å². The average Bonchev–Trinajstić information content (AvgIpc) is 2.70. The van der Waals surface area contributed by atoms with Crippen molar-refractivity contribution in [3.8, 4) is 17.2 Å². The number of esters is 1. The van der Waals surface area contributed by atoms with Gasteiger partial charge in [-0.15, -0.1) is 0 Å². The summed E-state index contributed by atoms with van der Waals surface area (Å²) >= 11 is 0. The maximum atomic E-state index is 11.9. The van der Waals surface area contributed by atoms with Crippen LogP contribution in [0.1, 0.15) is 5.56 Å². The predicted molar refractivity (Wildman–Crippen MR) is 99.2 cm³/mol. The fraction of sp³-hybridized carbons (Fsp3) is 0.300. The van der Waals surface area contributed by atoms with Crippen LogP contribution in [0.3, 0.4) is 0 Å². The molecule has 0 heterocycles. The summed E-state index contributed by atoms with van der Waals surface area (Å²) < 4.78 is 20.8. The van der Waals surface area contributed by atoms with E-state index in [2.05, 4.69) is 5.32 Å². The van der Waals surface area contributed by atoms with Crippen molar-refractivity contribution in [2.45, 2.75) is 6.42 Å². The van der Waals surface area contributed by atoms with Crippen LogP contribution in [0.2, 0.25) is 0 Å². The van der Waals surface area contributed by atoms with Crippen LogP contribution in [-0.4, -0.2) is 45.9 Å². The second-order valence-corrected chi connectivity index (χ2v) is 5.53. The van der Waals surface area contributed by atoms with Gasteiger partial charge in [0.2, 0.25) is 0 Å². The summed E-state index contributed by atoms with van der Waals surface area (Å²) in [6.45, 7) is 0.299. The first-order valence-corrected chi connectivity index (χ1v) is 8.43. The van der Waals surface area contributed by atoms with Crippen LogP contribution in [0.4, 0.5) is 0 Å². The van der Waals surface area contributed by atoms with Crippen molar-refractivity contribution in [1.29, 1.82) is 0 Å². The van der Waals surface area contributed by atoms with Crippen LogP contribution >= 0.6 is 0 Å². The smallest absolute Gasteiger partial charge is 0.310 e. The number of hydrogen-bond donors (Lipinski definition) is 1. The Balaban J connectivity index is 1.68. The molecule has 27 heavy (non-hydrogen) atoms. The van der Waals surface area contributed by atoms with Gasteiger partial charge in [-0.25, -0.2) is 0 Å². The van der Waals surface area contributed by atoms with Crippen LogP contribution in [0, 0.1) is 0 Å². The molecule has 0 aliphatic heterocycles. The third kappa shape index (κ3) is 6.89. The Morgan fingerprint density at radius 2 is 1.74 bits per heavy atom. The van der Waals surface area contributed by atoms with Gasteiger partial charge in [-0.1, -0.05) is 24.3 Å². The molecule has 1 amide bonds. The van der Waals surface area contributed by atoms with E-state index in [1.54, 1.807) is 25.3 Å². The Labute approximate surface area is 158 Å². The number of benzene rings is 2. The molecule has 2 rings (SSSR count). The van der Waals surface area contributed by atoms with E-state index in [9.17, 15) is 9.59 Å². The molecule has 1 N–H and O–H groups in total. The van der Waals surface area contributed by atoms with E-state index in [4.69, 9.17) is 18.9 Å². The highest BCUT2D eigenvalue weighted by Gasteiger charge is 2.12. The number of amides is 1. The van der Waals surface area contributed by atoms with Crippen molar-refractivity contribution in [3.63, 3.8) is 0 Å². The number of hydrogen-bond acceptors (Lipinski definition) is 6. The van der Waals surface area contributed by atoms with E-state index in [1.165, 1.54) is 7.11 Å². The van der Waals surface area contributed by atoms with E-state index in [0.717, 1.165) is 5.75 Å². The molecule has 7 heteroatoms. The molecule has 144 valence electrons. The zero-order valence-corrected chi connectivity index (χ0v) is 15.4. The highest BCUT2D eigenvalue weighted by molar-refractivity contribution is 5.81. The van der Waals surface area contributed by atoms with Gasteiger partial charge in [0.15, 0.2) is 6.61 Å². The molecule has 0 fully saturated rings. The van der Waals surface area contributed by atoms with Crippen molar-refractivity contribution in [2.75, 3.05) is 34.0 Å². The molecule has 0 aliphatic rings. The van der Waals surface area contributed by atoms with Crippen molar-refractivity contribution in [1.82, 2.24) is 5.32 Å². The van der Waals surface area contributed by atoms with Crippen molar-refractivity contribution >= 4 is 11.9 Å². The second kappa shape index (κ2) is 10.7. The molecule has 0 bridgehead atoms. The van der Waals surface area contributed by atoms with E-state index in [-0.39, 0.29) is 18.9 Å². The van der Waals surface area contributed by atoms with Gasteiger partial charge >= 0.3 is 5.97 Å². The summed E-state index contributed by atoms with van der Waals surface area (Å²) in [5, 5.41) is 2.63. The first kappa shape index (κ1) is 20.1. The minimum atomic E-state index is -0.519. The standard InChI is InChI=1S/C20H23NO6/c1-24-17-9-8-15(18(13-17)25-2)12-20(23)27-14-19(22)21-10-11-26-16-6-4-3-5-7-16/h3-9,13H,10-12,14H2,1-2H3,(H,21,22). The van der Waals surface area contributed by atoms with Gasteiger partial charge in [0.25, 0.3) is 5.91 Å². The summed E-state index contributed by atoms with van der Waals surface area (Å²) in [6.07, 6.45) is -0.00241. The lowest BCUT2D eigenvalue weighted by Crippen LogP contribution is -2.32. The number of methoxy groups -OCH3 is 2. The van der Waals surface area contributed by atoms with Crippen molar-refractivity contribution in [2.24, 2.45) is 0 Å². The van der Waals surface area contributed by atoms with Gasteiger partial charge < -0.3 is 24.3 Å². The minimum Gasteiger partial charge on any atom is -0.497 e. The van der Waals surface area contributed by atoms with Gasteiger partial charge in [-0.3, -0.25) is 9.59 Å². The normalized spacial score (nSPS) is 10.0. The molecule has 0 unspecified atom stereocenters. The fourth-order valence-corrected chi connectivity index (χ4v) is 2.28. The van der Waals surface area contributed by atoms with E-state index in [0.29, 0.717) is 30.2 Å². The zero-order valence-electron chi connectivity index (χ0n) is 15.4. The summed E-state index contributed by atoms with van der Waals surface area (Å²) in [4.78, 5) is 23.7. The number of nitrogens with one attached hydrogen (secondary N) is 1. The number of carbonyl (C=O) groups is 2. The molecule has 7 nitrogen and oxygen atoms in total. The van der Waals surface area contributed by atoms with Gasteiger partial charge in [0, 0.05) is 11.6 Å². The quantitative estimate of drug-likeness (QED) is 0.507. The van der Waals surface area contributed by atoms with Crippen LogP contribution in [0.5, 0.6) is 17.2 Å². The predicted octanol–water partition coefficient (Wildman–Crippen LogP) is 1.98. The molecule has 0 atom stereocenters. The molecule has 2 aromatic carbocycles. The highest BCUT2D eigenvalue weighted by Crippen LogP contribution is 2.25. The summed E-state index contributed by atoms with van der Waals surface area (Å²) in [5.74, 6) is 0.970. The number of rotatable bonds is 10. The first-order valence-electron chi connectivity index (χ1n) is 8.43. The second-order valence-electron chi connectivity index (χ2n) is 5.53. The molecule has 0 aromatic heterocycles. The van der Waals surface area contributed by atoms with Crippen molar-refractivity contribution < 1.29 is 28.5 Å². The number of carbonyl (C=O) groups excluding carboxylic acids is 2. The highest BCUT2D eigenvalue weighted by atomic mass is 16.5. The molecule has 0 spiro atoms. The summed E-state index contributed by atoms with van der Waals surface area (Å²) in [6, 6.07) is 14.4. The summed E-state index contributed by atoms with van der Waals surface area (Å²) in [5.41, 5.74) is 0.653. The van der Waals surface area contributed by atoms with Gasteiger partial charge in [0.1, 0.15) is 23.9 Å². The van der Waals surface area contributed by atoms with Gasteiger partial charge in [-0.05, 0) is 18.2 Å². The Bertz CT molecular complexity index is 747. The van der Waals surface area contributed by atoms with Crippen LogP contribution in [0.25, 0.3) is 0 Å². The maximum Gasteiger partial charge on any atom is 0.310 e. The number of ether oxygens (including phenoxy) is 4. The average molecular weight is 373 g/mol. The third-order valence-corrected chi connectivity index (χ3v) is 3.63. The van der Waals surface area contributed by atoms with Crippen LogP contribution in [-0.2, 0) is 20.7 Å². The largest absolute Gasteiger partial charge is 0.497 e. The number of para-hydroxylation sites is 1. The molecule has 0 saturated heterocycles. The lowest BCUT2D eigenvalue weighted by molar-refractivity contribution is -0.147. The molecular formula is C20H23NO6. The Morgan fingerprint density at radius 3 is 2.44 bits per heavy atom. The Kier molecular flexibility index (Phi) is 7.96. The molecule has 0 radical (unpaired) electrons. The third-order valence-electron chi connectivity index (χ3n) is 3.63. The topological polar surface area (TPSA) is 83.1 Å². The Morgan fingerprint density at radius 1 is 0.963 bits per heavy atom. The SMILES string of the molecule is COc1ccc(CC(=O)OCC(=O)NCCOc2ccccc2)c(OC)c1. The lowest BCUT2D eigenvalue weighted by Gasteiger charge is -2.11. The molecular weight excluding hydrogens is 350 g/mol. The Hall–Kier alpha value is -3.22. The first-order chi connectivity index (χ1) is 13.1. The monoisotopic (exact) mass is 373 g/mol. The van der Waals surface area contributed by atoms with E-state index < -0.39 is 5.97 Å². The lowest BCUT2D eigenvalue weighted by atomic mass is 10.1. The van der Waals surface area contributed by atoms with Gasteiger partial charge in [-0.2, -0.15) is 0 Å². The van der Waals surface area contributed by atoms with Crippen LogP contribution < -0.4 is 19.5 Å².